The van der Waals surface area contributed by atoms with Crippen molar-refractivity contribution in [2.45, 2.75) is 46.5 Å². The van der Waals surface area contributed by atoms with Crippen LogP contribution in [-0.2, 0) is 0 Å². The third kappa shape index (κ3) is 1.95. The van der Waals surface area contributed by atoms with Gasteiger partial charge >= 0.3 is 0 Å². The van der Waals surface area contributed by atoms with Crippen LogP contribution in [0.5, 0.6) is 0 Å². The molecular formula is C15H22. The van der Waals surface area contributed by atoms with E-state index in [-0.39, 0.29) is 0 Å². The Balaban J connectivity index is 2.41. The van der Waals surface area contributed by atoms with Crippen LogP contribution in [0.2, 0.25) is 0 Å². The number of rotatable bonds is 1. The average Bonchev–Trinajstić information content (AvgIpc) is 2.17. The molecular weight excluding hydrogens is 180 g/mol. The minimum atomic E-state index is 0.769. The molecule has 0 spiro atoms. The second-order valence-corrected chi connectivity index (χ2v) is 5.41. The second-order valence-electron chi connectivity index (χ2n) is 5.41. The molecule has 0 heteroatoms. The van der Waals surface area contributed by atoms with Gasteiger partial charge in [0.15, 0.2) is 0 Å². The molecule has 82 valence electrons. The molecule has 0 fully saturated rings. The van der Waals surface area contributed by atoms with Gasteiger partial charge in [0.1, 0.15) is 0 Å². The Hall–Kier alpha value is -0.780. The third-order valence-corrected chi connectivity index (χ3v) is 3.95. The number of hydrogen-bond acceptors (Lipinski definition) is 0. The van der Waals surface area contributed by atoms with Crippen molar-refractivity contribution >= 4 is 0 Å². The third-order valence-electron chi connectivity index (χ3n) is 3.95. The van der Waals surface area contributed by atoms with Gasteiger partial charge in [0, 0.05) is 0 Å². The highest BCUT2D eigenvalue weighted by molar-refractivity contribution is 5.46. The number of hydrogen-bond donors (Lipinski definition) is 0. The minimum absolute atomic E-state index is 0.769. The van der Waals surface area contributed by atoms with Crippen LogP contribution in [0.4, 0.5) is 0 Å². The van der Waals surface area contributed by atoms with E-state index in [9.17, 15) is 0 Å². The second kappa shape index (κ2) is 4.00. The van der Waals surface area contributed by atoms with Crippen LogP contribution in [0.25, 0.3) is 0 Å². The molecule has 0 aromatic heterocycles. The summed E-state index contributed by atoms with van der Waals surface area (Å²) in [6, 6.07) is 0. The Bertz CT molecular complexity index is 339. The topological polar surface area (TPSA) is 0 Å². The summed E-state index contributed by atoms with van der Waals surface area (Å²) < 4.78 is 0. The van der Waals surface area contributed by atoms with Gasteiger partial charge in [-0.3, -0.25) is 0 Å². The SMILES string of the molecule is C=C1C=C2C(=C(C)CC[C@H]2C(C)C)CC1. The molecule has 2 aliphatic rings. The molecule has 0 aliphatic heterocycles. The van der Waals surface area contributed by atoms with Crippen molar-refractivity contribution in [2.75, 3.05) is 0 Å². The van der Waals surface area contributed by atoms with Crippen molar-refractivity contribution in [2.24, 2.45) is 11.8 Å². The molecule has 2 aliphatic carbocycles. The molecule has 0 amide bonds. The van der Waals surface area contributed by atoms with Gasteiger partial charge in [-0.2, -0.15) is 0 Å². The summed E-state index contributed by atoms with van der Waals surface area (Å²) in [5.41, 5.74) is 6.23. The standard InChI is InChI=1S/C15H22/c1-10(2)13-8-6-12(4)14-7-5-11(3)9-15(13)14/h9-10,13H,3,5-8H2,1-2,4H3/t13-/m0/s1. The molecule has 0 saturated carbocycles. The molecule has 2 rings (SSSR count). The molecule has 0 heterocycles. The van der Waals surface area contributed by atoms with E-state index >= 15 is 0 Å². The van der Waals surface area contributed by atoms with E-state index in [0.29, 0.717) is 0 Å². The van der Waals surface area contributed by atoms with Crippen molar-refractivity contribution in [3.63, 3.8) is 0 Å². The van der Waals surface area contributed by atoms with E-state index in [0.717, 1.165) is 11.8 Å². The number of allylic oxidation sites excluding steroid dienone is 5. The Kier molecular flexibility index (Phi) is 2.86. The zero-order chi connectivity index (χ0) is 11.0. The van der Waals surface area contributed by atoms with Gasteiger partial charge in [0.25, 0.3) is 0 Å². The molecule has 0 saturated heterocycles. The summed E-state index contributed by atoms with van der Waals surface area (Å²) in [4.78, 5) is 0. The van der Waals surface area contributed by atoms with Crippen LogP contribution in [-0.4, -0.2) is 0 Å². The molecule has 1 atom stereocenters. The van der Waals surface area contributed by atoms with E-state index in [1.54, 1.807) is 16.7 Å². The molecule has 0 bridgehead atoms. The van der Waals surface area contributed by atoms with E-state index < -0.39 is 0 Å². The van der Waals surface area contributed by atoms with Gasteiger partial charge < -0.3 is 0 Å². The van der Waals surface area contributed by atoms with Gasteiger partial charge in [-0.25, -0.2) is 0 Å². The highest BCUT2D eigenvalue weighted by atomic mass is 14.3. The zero-order valence-corrected chi connectivity index (χ0v) is 10.3. The van der Waals surface area contributed by atoms with Crippen molar-refractivity contribution < 1.29 is 0 Å². The lowest BCUT2D eigenvalue weighted by Crippen LogP contribution is -2.20. The Labute approximate surface area is 93.8 Å². The lowest BCUT2D eigenvalue weighted by Gasteiger charge is -2.34. The molecule has 0 aromatic carbocycles. The fourth-order valence-electron chi connectivity index (χ4n) is 2.97. The van der Waals surface area contributed by atoms with E-state index in [4.69, 9.17) is 0 Å². The van der Waals surface area contributed by atoms with Crippen molar-refractivity contribution in [3.8, 4) is 0 Å². The maximum absolute atomic E-state index is 4.13. The zero-order valence-electron chi connectivity index (χ0n) is 10.3. The summed E-state index contributed by atoms with van der Waals surface area (Å²) in [5.74, 6) is 1.55. The summed E-state index contributed by atoms with van der Waals surface area (Å²) in [6.45, 7) is 11.1. The molecule has 0 aromatic rings. The molecule has 0 nitrogen and oxygen atoms in total. The first-order valence-electron chi connectivity index (χ1n) is 6.18. The minimum Gasteiger partial charge on any atom is -0.0958 e. The average molecular weight is 202 g/mol. The largest absolute Gasteiger partial charge is 0.0958 e. The van der Waals surface area contributed by atoms with Crippen molar-refractivity contribution in [1.82, 2.24) is 0 Å². The predicted octanol–water partition coefficient (Wildman–Crippen LogP) is 4.65. The maximum atomic E-state index is 4.13. The van der Waals surface area contributed by atoms with Crippen molar-refractivity contribution in [1.29, 1.82) is 0 Å². The summed E-state index contributed by atoms with van der Waals surface area (Å²) in [7, 11) is 0. The summed E-state index contributed by atoms with van der Waals surface area (Å²) >= 11 is 0. The smallest absolute Gasteiger partial charge is 0.0133 e. The summed E-state index contributed by atoms with van der Waals surface area (Å²) in [5, 5.41) is 0. The monoisotopic (exact) mass is 202 g/mol. The Morgan fingerprint density at radius 1 is 1.27 bits per heavy atom. The van der Waals surface area contributed by atoms with Crippen LogP contribution in [0, 0.1) is 11.8 Å². The summed E-state index contributed by atoms with van der Waals surface area (Å²) in [6.07, 6.45) is 7.42. The Morgan fingerprint density at radius 3 is 2.67 bits per heavy atom. The maximum Gasteiger partial charge on any atom is -0.0133 e. The van der Waals surface area contributed by atoms with Crippen LogP contribution >= 0.6 is 0 Å². The van der Waals surface area contributed by atoms with Gasteiger partial charge in [-0.1, -0.05) is 37.6 Å². The van der Waals surface area contributed by atoms with Crippen molar-refractivity contribution in [3.05, 3.63) is 34.9 Å². The molecule has 15 heavy (non-hydrogen) atoms. The first-order chi connectivity index (χ1) is 7.09. The molecule has 0 radical (unpaired) electrons. The first kappa shape index (κ1) is 10.7. The highest BCUT2D eigenvalue weighted by Gasteiger charge is 2.28. The fourth-order valence-corrected chi connectivity index (χ4v) is 2.97. The molecule has 0 N–H and O–H groups in total. The quantitative estimate of drug-likeness (QED) is 0.581. The van der Waals surface area contributed by atoms with Crippen LogP contribution < -0.4 is 0 Å². The first-order valence-corrected chi connectivity index (χ1v) is 6.18. The predicted molar refractivity (Wildman–Crippen MR) is 66.7 cm³/mol. The fraction of sp³-hybridized carbons (Fsp3) is 0.600. The lowest BCUT2D eigenvalue weighted by molar-refractivity contribution is 0.401. The van der Waals surface area contributed by atoms with E-state index in [1.807, 2.05) is 0 Å². The van der Waals surface area contributed by atoms with Crippen LogP contribution in [0.3, 0.4) is 0 Å². The van der Waals surface area contributed by atoms with Gasteiger partial charge in [0.05, 0.1) is 0 Å². The van der Waals surface area contributed by atoms with E-state index in [2.05, 4.69) is 33.4 Å². The Morgan fingerprint density at radius 2 is 2.00 bits per heavy atom. The van der Waals surface area contributed by atoms with Crippen LogP contribution in [0.1, 0.15) is 46.5 Å². The van der Waals surface area contributed by atoms with Gasteiger partial charge in [-0.05, 0) is 55.6 Å². The lowest BCUT2D eigenvalue weighted by atomic mass is 9.71. The number of fused-ring (bicyclic) bond motifs is 1. The van der Waals surface area contributed by atoms with Gasteiger partial charge in [-0.15, -0.1) is 0 Å². The van der Waals surface area contributed by atoms with Crippen LogP contribution in [0.15, 0.2) is 34.9 Å². The molecule has 0 unspecified atom stereocenters. The highest BCUT2D eigenvalue weighted by Crippen LogP contribution is 2.43. The van der Waals surface area contributed by atoms with E-state index in [1.165, 1.54) is 31.3 Å². The van der Waals surface area contributed by atoms with Gasteiger partial charge in [0.2, 0.25) is 0 Å². The normalized spacial score (nSPS) is 26.8.